The molecular weight excluding hydrogens is 367 g/mol. The molecular formula is C21H17FO6. The first-order valence-electron chi connectivity index (χ1n) is 8.50. The lowest BCUT2D eigenvalue weighted by Crippen LogP contribution is -2.12. The van der Waals surface area contributed by atoms with Gasteiger partial charge in [0.1, 0.15) is 17.1 Å². The molecule has 3 aromatic rings. The number of carbonyl (C=O) groups is 2. The highest BCUT2D eigenvalue weighted by Gasteiger charge is 2.18. The smallest absolute Gasteiger partial charge is 0.346 e. The van der Waals surface area contributed by atoms with Crippen LogP contribution in [0.3, 0.4) is 0 Å². The Morgan fingerprint density at radius 1 is 1.14 bits per heavy atom. The van der Waals surface area contributed by atoms with Gasteiger partial charge in [0.25, 0.3) is 0 Å². The van der Waals surface area contributed by atoms with Gasteiger partial charge in [-0.3, -0.25) is 4.79 Å². The molecule has 1 heterocycles. The molecule has 0 aliphatic rings. The van der Waals surface area contributed by atoms with Gasteiger partial charge in [-0.15, -0.1) is 0 Å². The van der Waals surface area contributed by atoms with Crippen LogP contribution in [0.5, 0.6) is 5.75 Å². The minimum Gasteiger partial charge on any atom is -0.469 e. The number of carbonyl (C=O) groups excluding carboxylic acids is 2. The third kappa shape index (κ3) is 4.09. The molecule has 0 fully saturated rings. The van der Waals surface area contributed by atoms with Crippen molar-refractivity contribution in [2.45, 2.75) is 19.8 Å². The summed E-state index contributed by atoms with van der Waals surface area (Å²) in [6, 6.07) is 9.85. The van der Waals surface area contributed by atoms with Gasteiger partial charge in [-0.1, -0.05) is 12.1 Å². The van der Waals surface area contributed by atoms with E-state index in [-0.39, 0.29) is 29.7 Å². The van der Waals surface area contributed by atoms with Crippen molar-refractivity contribution in [3.8, 4) is 5.75 Å². The van der Waals surface area contributed by atoms with Crippen LogP contribution >= 0.6 is 0 Å². The molecule has 3 rings (SSSR count). The summed E-state index contributed by atoms with van der Waals surface area (Å²) < 4.78 is 29.1. The Labute approximate surface area is 159 Å². The lowest BCUT2D eigenvalue weighted by molar-refractivity contribution is -0.140. The molecule has 28 heavy (non-hydrogen) atoms. The van der Waals surface area contributed by atoms with Gasteiger partial charge >= 0.3 is 17.6 Å². The first-order chi connectivity index (χ1) is 13.4. The largest absolute Gasteiger partial charge is 0.469 e. The van der Waals surface area contributed by atoms with Crippen LogP contribution in [0, 0.1) is 12.7 Å². The highest BCUT2D eigenvalue weighted by Crippen LogP contribution is 2.29. The molecule has 0 atom stereocenters. The number of hydrogen-bond acceptors (Lipinski definition) is 6. The predicted molar refractivity (Wildman–Crippen MR) is 98.9 cm³/mol. The summed E-state index contributed by atoms with van der Waals surface area (Å²) in [5, 5.41) is 0.644. The maximum absolute atomic E-state index is 13.9. The predicted octanol–water partition coefficient (Wildman–Crippen LogP) is 3.57. The summed E-state index contributed by atoms with van der Waals surface area (Å²) >= 11 is 0. The number of aryl methyl sites for hydroxylation is 2. The number of methoxy groups -OCH3 is 1. The Hall–Kier alpha value is -3.48. The second-order valence-corrected chi connectivity index (χ2v) is 6.15. The normalized spacial score (nSPS) is 10.7. The minimum atomic E-state index is -0.897. The average molecular weight is 384 g/mol. The topological polar surface area (TPSA) is 82.8 Å². The number of ether oxygens (including phenoxy) is 2. The van der Waals surface area contributed by atoms with Gasteiger partial charge < -0.3 is 13.9 Å². The summed E-state index contributed by atoms with van der Waals surface area (Å²) in [5.74, 6) is -1.96. The molecule has 0 spiro atoms. The number of rotatable bonds is 5. The van der Waals surface area contributed by atoms with Crippen LogP contribution in [0.15, 0.2) is 51.7 Å². The van der Waals surface area contributed by atoms with Crippen molar-refractivity contribution in [3.05, 3.63) is 75.4 Å². The van der Waals surface area contributed by atoms with Crippen LogP contribution in [-0.2, 0) is 16.0 Å². The van der Waals surface area contributed by atoms with Crippen molar-refractivity contribution in [1.29, 1.82) is 0 Å². The van der Waals surface area contributed by atoms with Crippen LogP contribution < -0.4 is 10.4 Å². The van der Waals surface area contributed by atoms with E-state index in [2.05, 4.69) is 4.74 Å². The standard InChI is InChI=1S/C21H17FO6/c1-12-9-20(24)27-18-11-17(13(10-15(12)18)7-8-19(23)26-2)28-21(25)14-5-3-4-6-16(14)22/h3-6,9-11H,7-8H2,1-2H3. The number of esters is 2. The molecule has 1 aromatic heterocycles. The molecule has 6 nitrogen and oxygen atoms in total. The highest BCUT2D eigenvalue weighted by atomic mass is 19.1. The monoisotopic (exact) mass is 384 g/mol. The average Bonchev–Trinajstić information content (AvgIpc) is 2.66. The molecule has 0 aliphatic heterocycles. The van der Waals surface area contributed by atoms with Gasteiger partial charge in [-0.25, -0.2) is 14.0 Å². The van der Waals surface area contributed by atoms with Crippen molar-refractivity contribution >= 4 is 22.9 Å². The first kappa shape index (κ1) is 19.3. The molecule has 0 saturated heterocycles. The van der Waals surface area contributed by atoms with E-state index in [9.17, 15) is 18.8 Å². The Bertz CT molecular complexity index is 1120. The third-order valence-electron chi connectivity index (χ3n) is 4.26. The fourth-order valence-corrected chi connectivity index (χ4v) is 2.80. The molecule has 0 bridgehead atoms. The van der Waals surface area contributed by atoms with Gasteiger partial charge in [-0.2, -0.15) is 0 Å². The number of hydrogen-bond donors (Lipinski definition) is 0. The van der Waals surface area contributed by atoms with Crippen molar-refractivity contribution < 1.29 is 27.9 Å². The molecule has 0 aliphatic carbocycles. The third-order valence-corrected chi connectivity index (χ3v) is 4.26. The maximum Gasteiger partial charge on any atom is 0.346 e. The van der Waals surface area contributed by atoms with Crippen LogP contribution in [0.2, 0.25) is 0 Å². The molecule has 7 heteroatoms. The van der Waals surface area contributed by atoms with Crippen LogP contribution in [0.4, 0.5) is 4.39 Å². The Morgan fingerprint density at radius 3 is 2.61 bits per heavy atom. The summed E-state index contributed by atoms with van der Waals surface area (Å²) in [4.78, 5) is 35.6. The van der Waals surface area contributed by atoms with E-state index in [0.29, 0.717) is 16.5 Å². The highest BCUT2D eigenvalue weighted by molar-refractivity contribution is 5.92. The van der Waals surface area contributed by atoms with E-state index in [1.807, 2.05) is 0 Å². The van der Waals surface area contributed by atoms with Crippen molar-refractivity contribution in [2.24, 2.45) is 0 Å². The van der Waals surface area contributed by atoms with E-state index >= 15 is 0 Å². The van der Waals surface area contributed by atoms with E-state index in [1.165, 1.54) is 37.4 Å². The number of benzene rings is 2. The zero-order valence-electron chi connectivity index (χ0n) is 15.3. The van der Waals surface area contributed by atoms with Gasteiger partial charge in [-0.05, 0) is 42.7 Å². The van der Waals surface area contributed by atoms with Gasteiger partial charge in [0, 0.05) is 23.9 Å². The van der Waals surface area contributed by atoms with Crippen molar-refractivity contribution in [3.63, 3.8) is 0 Å². The molecule has 0 N–H and O–H groups in total. The first-order valence-corrected chi connectivity index (χ1v) is 8.50. The van der Waals surface area contributed by atoms with Crippen LogP contribution in [-0.4, -0.2) is 19.0 Å². The van der Waals surface area contributed by atoms with Crippen LogP contribution in [0.25, 0.3) is 11.0 Å². The summed E-state index contributed by atoms with van der Waals surface area (Å²) in [7, 11) is 1.28. The van der Waals surface area contributed by atoms with Gasteiger partial charge in [0.2, 0.25) is 0 Å². The van der Waals surface area contributed by atoms with Crippen LogP contribution in [0.1, 0.15) is 27.9 Å². The lowest BCUT2D eigenvalue weighted by Gasteiger charge is -2.12. The quantitative estimate of drug-likeness (QED) is 0.380. The number of fused-ring (bicyclic) bond motifs is 1. The minimum absolute atomic E-state index is 0.0576. The van der Waals surface area contributed by atoms with E-state index < -0.39 is 23.4 Å². The fourth-order valence-electron chi connectivity index (χ4n) is 2.80. The van der Waals surface area contributed by atoms with E-state index in [4.69, 9.17) is 9.15 Å². The molecule has 0 radical (unpaired) electrons. The molecule has 0 amide bonds. The lowest BCUT2D eigenvalue weighted by atomic mass is 10.0. The molecule has 0 saturated carbocycles. The van der Waals surface area contributed by atoms with Gasteiger partial charge in [0.15, 0.2) is 0 Å². The summed E-state index contributed by atoms with van der Waals surface area (Å²) in [6.45, 7) is 1.74. The maximum atomic E-state index is 13.9. The van der Waals surface area contributed by atoms with E-state index in [1.54, 1.807) is 13.0 Å². The van der Waals surface area contributed by atoms with Crippen molar-refractivity contribution in [2.75, 3.05) is 7.11 Å². The SMILES string of the molecule is COC(=O)CCc1cc2c(C)cc(=O)oc2cc1OC(=O)c1ccccc1F. The molecule has 0 unspecified atom stereocenters. The Balaban J connectivity index is 2.04. The van der Waals surface area contributed by atoms with Gasteiger partial charge in [0.05, 0.1) is 12.7 Å². The second kappa shape index (κ2) is 8.04. The van der Waals surface area contributed by atoms with E-state index in [0.717, 1.165) is 6.07 Å². The molecule has 144 valence electrons. The fraction of sp³-hybridized carbons (Fsp3) is 0.190. The second-order valence-electron chi connectivity index (χ2n) is 6.15. The summed E-state index contributed by atoms with van der Waals surface area (Å²) in [6.07, 6.45) is 0.281. The Kier molecular flexibility index (Phi) is 5.54. The van der Waals surface area contributed by atoms with Crippen molar-refractivity contribution in [1.82, 2.24) is 0 Å². The zero-order chi connectivity index (χ0) is 20.3. The number of halogens is 1. The zero-order valence-corrected chi connectivity index (χ0v) is 15.3. The molecule has 2 aromatic carbocycles. The summed E-state index contributed by atoms with van der Waals surface area (Å²) in [5.41, 5.74) is 0.658. The Morgan fingerprint density at radius 2 is 1.89 bits per heavy atom.